The molecule has 0 radical (unpaired) electrons. The highest BCUT2D eigenvalue weighted by Gasteiger charge is 2.13. The van der Waals surface area contributed by atoms with Crippen LogP contribution >= 0.6 is 0 Å². The number of benzene rings is 1. The van der Waals surface area contributed by atoms with E-state index in [1.54, 1.807) is 14.2 Å². The smallest absolute Gasteiger partial charge is 0.164 e. The molecule has 2 nitrogen and oxygen atoms in total. The minimum absolute atomic E-state index is 0.500. The van der Waals surface area contributed by atoms with Gasteiger partial charge in [-0.15, -0.1) is 0 Å². The van der Waals surface area contributed by atoms with E-state index in [4.69, 9.17) is 9.47 Å². The van der Waals surface area contributed by atoms with Gasteiger partial charge in [0.2, 0.25) is 0 Å². The summed E-state index contributed by atoms with van der Waals surface area (Å²) in [5.74, 6) is 2.18. The summed E-state index contributed by atoms with van der Waals surface area (Å²) < 4.78 is 10.6. The topological polar surface area (TPSA) is 18.5 Å². The van der Waals surface area contributed by atoms with Crippen LogP contribution in [0.3, 0.4) is 0 Å². The minimum atomic E-state index is 0.500. The van der Waals surface area contributed by atoms with Gasteiger partial charge in [0.15, 0.2) is 11.5 Å². The fraction of sp³-hybridized carbons (Fsp3) is 0.500. The highest BCUT2D eigenvalue weighted by Crippen LogP contribution is 2.36. The normalized spacial score (nSPS) is 12.3. The Morgan fingerprint density at radius 2 is 1.93 bits per heavy atom. The molecule has 0 aliphatic rings. The molecule has 0 aliphatic heterocycles. The van der Waals surface area contributed by atoms with E-state index in [2.05, 4.69) is 19.9 Å². The third kappa shape index (κ3) is 2.00. The van der Waals surface area contributed by atoms with Crippen LogP contribution in [0.25, 0.3) is 0 Å². The van der Waals surface area contributed by atoms with E-state index < -0.39 is 0 Å². The van der Waals surface area contributed by atoms with Crippen molar-refractivity contribution in [3.05, 3.63) is 23.8 Å². The first kappa shape index (κ1) is 10.9. The van der Waals surface area contributed by atoms with Crippen LogP contribution in [0.15, 0.2) is 18.2 Å². The summed E-state index contributed by atoms with van der Waals surface area (Å²) in [6, 6.07) is 6.02. The van der Waals surface area contributed by atoms with Gasteiger partial charge in [-0.25, -0.2) is 0 Å². The molecule has 1 aromatic rings. The standard InChI is InChI=1S/C12H18O2/c1-5-9(2)10-7-6-8-11(13-3)12(10)14-4/h6-9H,5H2,1-4H3. The second-order valence-electron chi connectivity index (χ2n) is 3.39. The van der Waals surface area contributed by atoms with Crippen molar-refractivity contribution in [1.29, 1.82) is 0 Å². The molecule has 1 atom stereocenters. The van der Waals surface area contributed by atoms with Crippen LogP contribution in [0, 0.1) is 0 Å². The van der Waals surface area contributed by atoms with Crippen LogP contribution in [0.5, 0.6) is 11.5 Å². The van der Waals surface area contributed by atoms with Crippen LogP contribution in [0.2, 0.25) is 0 Å². The minimum Gasteiger partial charge on any atom is -0.493 e. The van der Waals surface area contributed by atoms with Gasteiger partial charge in [0.25, 0.3) is 0 Å². The maximum absolute atomic E-state index is 5.37. The fourth-order valence-electron chi connectivity index (χ4n) is 1.52. The summed E-state index contributed by atoms with van der Waals surface area (Å²) in [4.78, 5) is 0. The maximum atomic E-state index is 5.37. The number of rotatable bonds is 4. The lowest BCUT2D eigenvalue weighted by Crippen LogP contribution is -1.98. The zero-order valence-corrected chi connectivity index (χ0v) is 9.33. The Balaban J connectivity index is 3.14. The molecule has 0 heterocycles. The molecule has 0 spiro atoms. The molecule has 0 fully saturated rings. The van der Waals surface area contributed by atoms with Gasteiger partial charge < -0.3 is 9.47 Å². The number of ether oxygens (including phenoxy) is 2. The van der Waals surface area contributed by atoms with Crippen LogP contribution < -0.4 is 9.47 Å². The Morgan fingerprint density at radius 3 is 2.43 bits per heavy atom. The summed E-state index contributed by atoms with van der Waals surface area (Å²) in [7, 11) is 3.35. The largest absolute Gasteiger partial charge is 0.493 e. The molecule has 0 amide bonds. The first-order valence-corrected chi connectivity index (χ1v) is 4.95. The number of hydrogen-bond donors (Lipinski definition) is 0. The summed E-state index contributed by atoms with van der Waals surface area (Å²) in [6.07, 6.45) is 1.10. The van der Waals surface area contributed by atoms with Crippen LogP contribution in [-0.2, 0) is 0 Å². The summed E-state index contributed by atoms with van der Waals surface area (Å²) in [5, 5.41) is 0. The molecule has 1 unspecified atom stereocenters. The lowest BCUT2D eigenvalue weighted by Gasteiger charge is -2.16. The predicted octanol–water partition coefficient (Wildman–Crippen LogP) is 3.22. The van der Waals surface area contributed by atoms with Gasteiger partial charge in [0.05, 0.1) is 14.2 Å². The molecule has 0 saturated heterocycles. The van der Waals surface area contributed by atoms with E-state index >= 15 is 0 Å². The zero-order valence-electron chi connectivity index (χ0n) is 9.33. The third-order valence-electron chi connectivity index (χ3n) is 2.58. The summed E-state index contributed by atoms with van der Waals surface area (Å²) >= 11 is 0. The average Bonchev–Trinajstić information content (AvgIpc) is 2.26. The van der Waals surface area contributed by atoms with Crippen molar-refractivity contribution in [3.8, 4) is 11.5 Å². The molecule has 78 valence electrons. The molecular weight excluding hydrogens is 176 g/mol. The number of methoxy groups -OCH3 is 2. The second kappa shape index (κ2) is 4.89. The van der Waals surface area contributed by atoms with Gasteiger partial charge in [-0.1, -0.05) is 26.0 Å². The third-order valence-corrected chi connectivity index (χ3v) is 2.58. The van der Waals surface area contributed by atoms with Crippen molar-refractivity contribution >= 4 is 0 Å². The number of hydrogen-bond acceptors (Lipinski definition) is 2. The molecule has 0 aromatic heterocycles. The Hall–Kier alpha value is -1.18. The van der Waals surface area contributed by atoms with Crippen molar-refractivity contribution in [1.82, 2.24) is 0 Å². The fourth-order valence-corrected chi connectivity index (χ4v) is 1.52. The highest BCUT2D eigenvalue weighted by molar-refractivity contribution is 5.48. The van der Waals surface area contributed by atoms with Crippen molar-refractivity contribution < 1.29 is 9.47 Å². The Morgan fingerprint density at radius 1 is 1.21 bits per heavy atom. The molecule has 2 heteroatoms. The van der Waals surface area contributed by atoms with Crippen molar-refractivity contribution in [2.45, 2.75) is 26.2 Å². The maximum Gasteiger partial charge on any atom is 0.164 e. The van der Waals surface area contributed by atoms with Gasteiger partial charge in [-0.2, -0.15) is 0 Å². The van der Waals surface area contributed by atoms with Crippen molar-refractivity contribution in [3.63, 3.8) is 0 Å². The average molecular weight is 194 g/mol. The Labute approximate surface area is 85.8 Å². The van der Waals surface area contributed by atoms with Gasteiger partial charge in [-0.05, 0) is 18.4 Å². The molecule has 1 rings (SSSR count). The summed E-state index contributed by atoms with van der Waals surface area (Å²) in [5.41, 5.74) is 1.22. The van der Waals surface area contributed by atoms with E-state index in [0.717, 1.165) is 17.9 Å². The Bertz CT molecular complexity index is 294. The molecular formula is C12H18O2. The SMILES string of the molecule is CCC(C)c1cccc(OC)c1OC. The first-order valence-electron chi connectivity index (χ1n) is 4.95. The van der Waals surface area contributed by atoms with Gasteiger partial charge >= 0.3 is 0 Å². The molecule has 0 N–H and O–H groups in total. The number of para-hydroxylation sites is 1. The molecule has 1 aromatic carbocycles. The van der Waals surface area contributed by atoms with Crippen LogP contribution in [0.1, 0.15) is 31.7 Å². The molecule has 0 bridgehead atoms. The first-order chi connectivity index (χ1) is 6.74. The second-order valence-corrected chi connectivity index (χ2v) is 3.39. The lowest BCUT2D eigenvalue weighted by atomic mass is 9.97. The van der Waals surface area contributed by atoms with E-state index in [-0.39, 0.29) is 0 Å². The molecule has 0 aliphatic carbocycles. The van der Waals surface area contributed by atoms with Gasteiger partial charge in [-0.3, -0.25) is 0 Å². The predicted molar refractivity (Wildman–Crippen MR) is 58.3 cm³/mol. The van der Waals surface area contributed by atoms with Crippen molar-refractivity contribution in [2.75, 3.05) is 14.2 Å². The van der Waals surface area contributed by atoms with E-state index in [1.807, 2.05) is 12.1 Å². The van der Waals surface area contributed by atoms with Gasteiger partial charge in [0, 0.05) is 5.56 Å². The van der Waals surface area contributed by atoms with E-state index in [1.165, 1.54) is 5.56 Å². The van der Waals surface area contributed by atoms with Gasteiger partial charge in [0.1, 0.15) is 0 Å². The quantitative estimate of drug-likeness (QED) is 0.732. The highest BCUT2D eigenvalue weighted by atomic mass is 16.5. The monoisotopic (exact) mass is 194 g/mol. The zero-order chi connectivity index (χ0) is 10.6. The lowest BCUT2D eigenvalue weighted by molar-refractivity contribution is 0.349. The van der Waals surface area contributed by atoms with E-state index in [9.17, 15) is 0 Å². The molecule has 14 heavy (non-hydrogen) atoms. The van der Waals surface area contributed by atoms with E-state index in [0.29, 0.717) is 5.92 Å². The molecule has 0 saturated carbocycles. The summed E-state index contributed by atoms with van der Waals surface area (Å²) in [6.45, 7) is 4.36. The van der Waals surface area contributed by atoms with Crippen LogP contribution in [-0.4, -0.2) is 14.2 Å². The van der Waals surface area contributed by atoms with Crippen LogP contribution in [0.4, 0.5) is 0 Å². The van der Waals surface area contributed by atoms with Crippen molar-refractivity contribution in [2.24, 2.45) is 0 Å². The Kier molecular flexibility index (Phi) is 3.81.